The normalized spacial score (nSPS) is 17.5. The second-order valence-corrected chi connectivity index (χ2v) is 6.75. The van der Waals surface area contributed by atoms with Crippen molar-refractivity contribution in [3.8, 4) is 5.69 Å². The number of ether oxygens (including phenoxy) is 1. The molecular weight excluding hydrogens is 356 g/mol. The minimum Gasteiger partial charge on any atom is -0.465 e. The van der Waals surface area contributed by atoms with Crippen molar-refractivity contribution < 1.29 is 23.4 Å². The molecule has 1 aliphatic rings. The van der Waals surface area contributed by atoms with E-state index in [9.17, 15) is 18.7 Å². The summed E-state index contributed by atoms with van der Waals surface area (Å²) >= 11 is 0. The third-order valence-corrected chi connectivity index (χ3v) is 4.87. The zero-order valence-corrected chi connectivity index (χ0v) is 14.5. The molecular formula is C19H17F2N3O3. The number of methoxy groups -OCH3 is 1. The van der Waals surface area contributed by atoms with Gasteiger partial charge in [-0.2, -0.15) is 5.10 Å². The summed E-state index contributed by atoms with van der Waals surface area (Å²) in [5.74, 6) is -3.56. The SMILES string of the molecule is COC(=O)c1ccc(-n2ncc3cc(C(O)C4CC(F)(F)C4)cnc32)cc1. The van der Waals surface area contributed by atoms with E-state index in [1.165, 1.54) is 13.3 Å². The van der Waals surface area contributed by atoms with Gasteiger partial charge in [-0.15, -0.1) is 0 Å². The van der Waals surface area contributed by atoms with Crippen LogP contribution in [0.1, 0.15) is 34.9 Å². The van der Waals surface area contributed by atoms with Gasteiger partial charge in [0.2, 0.25) is 5.92 Å². The Hall–Kier alpha value is -2.87. The first kappa shape index (κ1) is 17.5. The Morgan fingerprint density at radius 3 is 2.63 bits per heavy atom. The third kappa shape index (κ3) is 3.16. The molecule has 1 N–H and O–H groups in total. The zero-order valence-electron chi connectivity index (χ0n) is 14.5. The van der Waals surface area contributed by atoms with E-state index in [0.29, 0.717) is 27.8 Å². The molecule has 1 aliphatic carbocycles. The Morgan fingerprint density at radius 1 is 1.30 bits per heavy atom. The minimum atomic E-state index is -2.68. The highest BCUT2D eigenvalue weighted by Crippen LogP contribution is 2.48. The summed E-state index contributed by atoms with van der Waals surface area (Å²) in [4.78, 5) is 15.9. The number of carbonyl (C=O) groups is 1. The van der Waals surface area contributed by atoms with Gasteiger partial charge in [-0.25, -0.2) is 23.2 Å². The van der Waals surface area contributed by atoms with Gasteiger partial charge in [-0.3, -0.25) is 0 Å². The molecule has 0 amide bonds. The second kappa shape index (κ2) is 6.38. The lowest BCUT2D eigenvalue weighted by atomic mass is 9.76. The highest BCUT2D eigenvalue weighted by Gasteiger charge is 2.48. The summed E-state index contributed by atoms with van der Waals surface area (Å²) < 4.78 is 32.4. The number of aromatic nitrogens is 3. The summed E-state index contributed by atoms with van der Waals surface area (Å²) in [6.45, 7) is 0. The van der Waals surface area contributed by atoms with E-state index in [2.05, 4.69) is 14.8 Å². The predicted octanol–water partition coefficient (Wildman–Crippen LogP) is 3.29. The van der Waals surface area contributed by atoms with Crippen molar-refractivity contribution >= 4 is 17.0 Å². The molecule has 1 fully saturated rings. The van der Waals surface area contributed by atoms with Crippen molar-refractivity contribution in [3.63, 3.8) is 0 Å². The van der Waals surface area contributed by atoms with E-state index in [-0.39, 0.29) is 12.8 Å². The lowest BCUT2D eigenvalue weighted by Crippen LogP contribution is -2.38. The Bertz CT molecular complexity index is 993. The van der Waals surface area contributed by atoms with E-state index >= 15 is 0 Å². The quantitative estimate of drug-likeness (QED) is 0.710. The van der Waals surface area contributed by atoms with Crippen LogP contribution >= 0.6 is 0 Å². The molecule has 0 saturated heterocycles. The van der Waals surface area contributed by atoms with E-state index in [1.54, 1.807) is 41.2 Å². The van der Waals surface area contributed by atoms with Gasteiger partial charge in [0.05, 0.1) is 30.7 Å². The molecule has 6 nitrogen and oxygen atoms in total. The average Bonchev–Trinajstić information content (AvgIpc) is 3.08. The fourth-order valence-corrected chi connectivity index (χ4v) is 3.35. The van der Waals surface area contributed by atoms with Crippen molar-refractivity contribution in [1.29, 1.82) is 0 Å². The standard InChI is InChI=1S/C19H17F2N3O3/c1-27-18(26)11-2-4-15(5-3-11)24-17-13(10-23-24)6-12(9-22-17)16(25)14-7-19(20,21)8-14/h2-6,9-10,14,16,25H,7-8H2,1H3. The van der Waals surface area contributed by atoms with Crippen LogP contribution in [0.5, 0.6) is 0 Å². The first-order valence-electron chi connectivity index (χ1n) is 8.46. The van der Waals surface area contributed by atoms with Gasteiger partial charge in [-0.05, 0) is 35.9 Å². The van der Waals surface area contributed by atoms with Crippen molar-refractivity contribution in [2.75, 3.05) is 7.11 Å². The number of alkyl halides is 2. The summed E-state index contributed by atoms with van der Waals surface area (Å²) in [7, 11) is 1.32. The van der Waals surface area contributed by atoms with Crippen LogP contribution in [0.3, 0.4) is 0 Å². The first-order valence-corrected chi connectivity index (χ1v) is 8.46. The van der Waals surface area contributed by atoms with Gasteiger partial charge >= 0.3 is 5.97 Å². The van der Waals surface area contributed by atoms with E-state index in [0.717, 1.165) is 0 Å². The van der Waals surface area contributed by atoms with E-state index in [4.69, 9.17) is 0 Å². The van der Waals surface area contributed by atoms with E-state index in [1.807, 2.05) is 0 Å². The minimum absolute atomic E-state index is 0.308. The van der Waals surface area contributed by atoms with Gasteiger partial charge in [0.15, 0.2) is 5.65 Å². The number of fused-ring (bicyclic) bond motifs is 1. The molecule has 1 saturated carbocycles. The Labute approximate surface area is 153 Å². The first-order chi connectivity index (χ1) is 12.9. The molecule has 3 aromatic rings. The molecule has 27 heavy (non-hydrogen) atoms. The summed E-state index contributed by atoms with van der Waals surface area (Å²) in [6.07, 6.45) is 1.51. The van der Waals surface area contributed by atoms with E-state index < -0.39 is 23.9 Å². The number of nitrogens with zero attached hydrogens (tertiary/aromatic N) is 3. The molecule has 140 valence electrons. The summed E-state index contributed by atoms with van der Waals surface area (Å²) in [5, 5.41) is 15.3. The van der Waals surface area contributed by atoms with Gasteiger partial charge in [0, 0.05) is 30.3 Å². The van der Waals surface area contributed by atoms with Crippen LogP contribution in [0, 0.1) is 5.92 Å². The van der Waals surface area contributed by atoms with Gasteiger partial charge in [0.1, 0.15) is 0 Å². The molecule has 0 spiro atoms. The zero-order chi connectivity index (χ0) is 19.2. The molecule has 2 heterocycles. The van der Waals surface area contributed by atoms with Gasteiger partial charge in [-0.1, -0.05) is 0 Å². The molecule has 1 aromatic carbocycles. The number of hydrogen-bond acceptors (Lipinski definition) is 5. The highest BCUT2D eigenvalue weighted by atomic mass is 19.3. The van der Waals surface area contributed by atoms with Gasteiger partial charge in [0.25, 0.3) is 0 Å². The van der Waals surface area contributed by atoms with Crippen LogP contribution in [0.4, 0.5) is 8.78 Å². The topological polar surface area (TPSA) is 77.2 Å². The number of carbonyl (C=O) groups excluding carboxylic acids is 1. The number of esters is 1. The average molecular weight is 373 g/mol. The molecule has 0 aliphatic heterocycles. The smallest absolute Gasteiger partial charge is 0.337 e. The lowest BCUT2D eigenvalue weighted by Gasteiger charge is -2.37. The number of aliphatic hydroxyl groups excluding tert-OH is 1. The molecule has 2 aromatic heterocycles. The molecule has 0 radical (unpaired) electrons. The van der Waals surface area contributed by atoms with Crippen LogP contribution in [-0.2, 0) is 4.74 Å². The van der Waals surface area contributed by atoms with Crippen LogP contribution in [-0.4, -0.2) is 38.9 Å². The Balaban J connectivity index is 1.60. The van der Waals surface area contributed by atoms with Crippen LogP contribution in [0.25, 0.3) is 16.7 Å². The predicted molar refractivity (Wildman–Crippen MR) is 92.8 cm³/mol. The fourth-order valence-electron chi connectivity index (χ4n) is 3.35. The maximum atomic E-state index is 13.0. The van der Waals surface area contributed by atoms with Gasteiger partial charge < -0.3 is 9.84 Å². The van der Waals surface area contributed by atoms with Crippen LogP contribution in [0.2, 0.25) is 0 Å². The van der Waals surface area contributed by atoms with Crippen molar-refractivity contribution in [3.05, 3.63) is 53.9 Å². The largest absolute Gasteiger partial charge is 0.465 e. The third-order valence-electron chi connectivity index (χ3n) is 4.87. The van der Waals surface area contributed by atoms with Crippen molar-refractivity contribution in [2.45, 2.75) is 24.9 Å². The number of benzene rings is 1. The Morgan fingerprint density at radius 2 is 2.00 bits per heavy atom. The molecule has 0 bridgehead atoms. The maximum absolute atomic E-state index is 13.0. The number of halogens is 2. The monoisotopic (exact) mass is 373 g/mol. The number of rotatable bonds is 4. The van der Waals surface area contributed by atoms with Crippen molar-refractivity contribution in [2.24, 2.45) is 5.92 Å². The van der Waals surface area contributed by atoms with Crippen LogP contribution in [0.15, 0.2) is 42.7 Å². The number of hydrogen-bond donors (Lipinski definition) is 1. The lowest BCUT2D eigenvalue weighted by molar-refractivity contribution is -0.142. The summed E-state index contributed by atoms with van der Waals surface area (Å²) in [6, 6.07) is 8.42. The number of pyridine rings is 1. The molecule has 1 unspecified atom stereocenters. The van der Waals surface area contributed by atoms with Crippen LogP contribution < -0.4 is 0 Å². The molecule has 8 heteroatoms. The summed E-state index contributed by atoms with van der Waals surface area (Å²) in [5.41, 5.74) is 2.20. The molecule has 1 atom stereocenters. The fraction of sp³-hybridized carbons (Fsp3) is 0.316. The maximum Gasteiger partial charge on any atom is 0.337 e. The number of aliphatic hydroxyl groups is 1. The van der Waals surface area contributed by atoms with Crippen molar-refractivity contribution in [1.82, 2.24) is 14.8 Å². The highest BCUT2D eigenvalue weighted by molar-refractivity contribution is 5.89. The molecule has 4 rings (SSSR count). The second-order valence-electron chi connectivity index (χ2n) is 6.75. The Kier molecular flexibility index (Phi) is 4.15.